The van der Waals surface area contributed by atoms with Gasteiger partial charge in [0.1, 0.15) is 5.60 Å². The van der Waals surface area contributed by atoms with Crippen LogP contribution in [0.25, 0.3) is 0 Å². The largest absolute Gasteiger partial charge is 0.444 e. The molecule has 0 N–H and O–H groups in total. The minimum atomic E-state index is -0.553. The van der Waals surface area contributed by atoms with Crippen LogP contribution in [0.4, 0.5) is 4.79 Å². The molecule has 1 heterocycles. The maximum Gasteiger partial charge on any atom is 0.411 e. The van der Waals surface area contributed by atoms with Crippen LogP contribution in [0.5, 0.6) is 0 Å². The SMILES string of the molecule is CC(C)(C)OC(=O)N1CC=C[C@@H](N(Cc2ccccc2)Cc2ccccc2)[C@@H]1c1ccccc1. The molecule has 0 unspecified atom stereocenters. The van der Waals surface area contributed by atoms with Gasteiger partial charge in [-0.1, -0.05) is 103 Å². The number of carbonyl (C=O) groups is 1. The zero-order valence-corrected chi connectivity index (χ0v) is 20.3. The Morgan fingerprint density at radius 2 is 1.35 bits per heavy atom. The van der Waals surface area contributed by atoms with Gasteiger partial charge in [0.15, 0.2) is 0 Å². The fourth-order valence-electron chi connectivity index (χ4n) is 4.48. The standard InChI is InChI=1S/C30H34N2O2/c1-30(2,3)34-29(33)32-21-13-20-27(28(32)26-18-11-6-12-19-26)31(22-24-14-7-4-8-15-24)23-25-16-9-5-10-17-25/h4-20,27-28H,21-23H2,1-3H3/t27-,28+/m1/s1. The van der Waals surface area contributed by atoms with Crippen LogP contribution in [0.1, 0.15) is 43.5 Å². The van der Waals surface area contributed by atoms with Crippen molar-refractivity contribution < 1.29 is 9.53 Å². The zero-order chi connectivity index (χ0) is 24.0. The van der Waals surface area contributed by atoms with Gasteiger partial charge < -0.3 is 4.74 Å². The summed E-state index contributed by atoms with van der Waals surface area (Å²) in [6.45, 7) is 7.81. The van der Waals surface area contributed by atoms with Crippen molar-refractivity contribution in [3.8, 4) is 0 Å². The Bertz CT molecular complexity index is 1030. The third kappa shape index (κ3) is 6.15. The number of nitrogens with zero attached hydrogens (tertiary/aromatic N) is 2. The van der Waals surface area contributed by atoms with E-state index in [0.717, 1.165) is 18.7 Å². The highest BCUT2D eigenvalue weighted by molar-refractivity contribution is 5.69. The van der Waals surface area contributed by atoms with Crippen molar-refractivity contribution in [2.24, 2.45) is 0 Å². The van der Waals surface area contributed by atoms with Crippen molar-refractivity contribution in [2.75, 3.05) is 6.54 Å². The fraction of sp³-hybridized carbons (Fsp3) is 0.300. The first-order valence-corrected chi connectivity index (χ1v) is 11.9. The molecule has 176 valence electrons. The molecule has 0 fully saturated rings. The molecule has 1 aliphatic rings. The van der Waals surface area contributed by atoms with Gasteiger partial charge in [-0.2, -0.15) is 0 Å². The molecule has 4 nitrogen and oxygen atoms in total. The van der Waals surface area contributed by atoms with Gasteiger partial charge in [-0.3, -0.25) is 9.80 Å². The second kappa shape index (κ2) is 10.7. The van der Waals surface area contributed by atoms with Crippen molar-refractivity contribution in [3.63, 3.8) is 0 Å². The lowest BCUT2D eigenvalue weighted by Crippen LogP contribution is -2.50. The summed E-state index contributed by atoms with van der Waals surface area (Å²) in [5, 5.41) is 0. The van der Waals surface area contributed by atoms with Gasteiger partial charge in [-0.25, -0.2) is 4.79 Å². The summed E-state index contributed by atoms with van der Waals surface area (Å²) >= 11 is 0. The molecule has 1 amide bonds. The quantitative estimate of drug-likeness (QED) is 0.393. The number of hydrogen-bond donors (Lipinski definition) is 0. The van der Waals surface area contributed by atoms with Gasteiger partial charge in [-0.15, -0.1) is 0 Å². The van der Waals surface area contributed by atoms with Gasteiger partial charge in [0.05, 0.1) is 12.1 Å². The summed E-state index contributed by atoms with van der Waals surface area (Å²) in [5.41, 5.74) is 3.04. The molecule has 0 bridgehead atoms. The molecule has 0 aromatic heterocycles. The Balaban J connectivity index is 1.73. The summed E-state index contributed by atoms with van der Waals surface area (Å²) < 4.78 is 5.83. The van der Waals surface area contributed by atoms with E-state index in [4.69, 9.17) is 4.74 Å². The Hall–Kier alpha value is -3.37. The molecule has 0 aliphatic carbocycles. The number of hydrogen-bond acceptors (Lipinski definition) is 3. The highest BCUT2D eigenvalue weighted by Gasteiger charge is 2.38. The Labute approximate surface area is 203 Å². The first-order chi connectivity index (χ1) is 16.4. The van der Waals surface area contributed by atoms with Crippen molar-refractivity contribution in [1.82, 2.24) is 9.80 Å². The highest BCUT2D eigenvalue weighted by atomic mass is 16.6. The zero-order valence-electron chi connectivity index (χ0n) is 20.3. The van der Waals surface area contributed by atoms with Gasteiger partial charge in [0.25, 0.3) is 0 Å². The van der Waals surface area contributed by atoms with Crippen molar-refractivity contribution in [3.05, 3.63) is 120 Å². The monoisotopic (exact) mass is 454 g/mol. The smallest absolute Gasteiger partial charge is 0.411 e. The van der Waals surface area contributed by atoms with E-state index in [1.54, 1.807) is 0 Å². The first kappa shape index (κ1) is 23.8. The van der Waals surface area contributed by atoms with Crippen LogP contribution in [0.2, 0.25) is 0 Å². The van der Waals surface area contributed by atoms with Gasteiger partial charge in [0, 0.05) is 19.6 Å². The third-order valence-electron chi connectivity index (χ3n) is 5.94. The highest BCUT2D eigenvalue weighted by Crippen LogP contribution is 2.34. The predicted molar refractivity (Wildman–Crippen MR) is 137 cm³/mol. The lowest BCUT2D eigenvalue weighted by Gasteiger charge is -2.44. The Kier molecular flexibility index (Phi) is 7.49. The van der Waals surface area contributed by atoms with Crippen LogP contribution in [0.3, 0.4) is 0 Å². The number of carbonyl (C=O) groups excluding carboxylic acids is 1. The molecule has 0 saturated carbocycles. The maximum atomic E-state index is 13.3. The molecule has 0 saturated heterocycles. The molecular weight excluding hydrogens is 420 g/mol. The first-order valence-electron chi connectivity index (χ1n) is 11.9. The molecule has 1 aliphatic heterocycles. The van der Waals surface area contributed by atoms with Crippen LogP contribution in [0, 0.1) is 0 Å². The van der Waals surface area contributed by atoms with Crippen LogP contribution in [-0.2, 0) is 17.8 Å². The molecule has 0 spiro atoms. The Morgan fingerprint density at radius 1 is 0.853 bits per heavy atom. The lowest BCUT2D eigenvalue weighted by molar-refractivity contribution is 0.00553. The molecule has 34 heavy (non-hydrogen) atoms. The molecular formula is C30H34N2O2. The average Bonchev–Trinajstić information content (AvgIpc) is 2.84. The van der Waals surface area contributed by atoms with Gasteiger partial charge >= 0.3 is 6.09 Å². The van der Waals surface area contributed by atoms with Crippen molar-refractivity contribution in [1.29, 1.82) is 0 Å². The van der Waals surface area contributed by atoms with E-state index >= 15 is 0 Å². The maximum absolute atomic E-state index is 13.3. The summed E-state index contributed by atoms with van der Waals surface area (Å²) in [5.74, 6) is 0. The van der Waals surface area contributed by atoms with Crippen LogP contribution >= 0.6 is 0 Å². The second-order valence-corrected chi connectivity index (χ2v) is 9.78. The minimum absolute atomic E-state index is 0.0101. The topological polar surface area (TPSA) is 32.8 Å². The van der Waals surface area contributed by atoms with Gasteiger partial charge in [-0.05, 0) is 37.5 Å². The average molecular weight is 455 g/mol. The molecule has 4 heteroatoms. The number of benzene rings is 3. The fourth-order valence-corrected chi connectivity index (χ4v) is 4.48. The van der Waals surface area contributed by atoms with Crippen LogP contribution in [-0.4, -0.2) is 34.1 Å². The normalized spacial score (nSPS) is 18.2. The second-order valence-electron chi connectivity index (χ2n) is 9.78. The van der Waals surface area contributed by atoms with E-state index in [1.807, 2.05) is 56.0 Å². The molecule has 4 rings (SSSR count). The third-order valence-corrected chi connectivity index (χ3v) is 5.94. The predicted octanol–water partition coefficient (Wildman–Crippen LogP) is 6.61. The summed E-state index contributed by atoms with van der Waals surface area (Å²) in [4.78, 5) is 17.7. The van der Waals surface area contributed by atoms with Crippen molar-refractivity contribution >= 4 is 6.09 Å². The van der Waals surface area contributed by atoms with E-state index in [-0.39, 0.29) is 18.2 Å². The minimum Gasteiger partial charge on any atom is -0.444 e. The number of ether oxygens (including phenoxy) is 1. The van der Waals surface area contributed by atoms with Crippen molar-refractivity contribution in [2.45, 2.75) is 51.5 Å². The lowest BCUT2D eigenvalue weighted by atomic mass is 9.92. The van der Waals surface area contributed by atoms with E-state index in [2.05, 4.69) is 77.7 Å². The summed E-state index contributed by atoms with van der Waals surface area (Å²) in [6, 6.07) is 31.2. The number of amides is 1. The van der Waals surface area contributed by atoms with E-state index in [1.165, 1.54) is 11.1 Å². The summed E-state index contributed by atoms with van der Waals surface area (Å²) in [7, 11) is 0. The molecule has 3 aromatic rings. The van der Waals surface area contributed by atoms with Crippen LogP contribution in [0.15, 0.2) is 103 Å². The Morgan fingerprint density at radius 3 is 1.85 bits per heavy atom. The van der Waals surface area contributed by atoms with Crippen LogP contribution < -0.4 is 0 Å². The molecule has 2 atom stereocenters. The van der Waals surface area contributed by atoms with Gasteiger partial charge in [0.2, 0.25) is 0 Å². The van der Waals surface area contributed by atoms with E-state index in [0.29, 0.717) is 6.54 Å². The van der Waals surface area contributed by atoms with E-state index in [9.17, 15) is 4.79 Å². The number of rotatable bonds is 6. The molecule has 0 radical (unpaired) electrons. The van der Waals surface area contributed by atoms with E-state index < -0.39 is 5.60 Å². The summed E-state index contributed by atoms with van der Waals surface area (Å²) in [6.07, 6.45) is 4.07. The molecule has 3 aromatic carbocycles.